The summed E-state index contributed by atoms with van der Waals surface area (Å²) in [5.74, 6) is 0.185. The minimum atomic E-state index is -0.363. The number of nitrogens with one attached hydrogen (secondary N) is 2. The van der Waals surface area contributed by atoms with Gasteiger partial charge in [-0.15, -0.1) is 11.3 Å². The standard InChI is InChI=1S/C19H21N5O3S2/c1-3-27-19(26)15-11-5-4-10(2)6-13(11)29-18(15)23-14(25)8-28-17-12-7-22-24-16(12)20-9-21-17/h7,9-10H,3-6,8H2,1-2H3,(H,23,25)(H,20,21,22,24)/t10-/m0/s1. The molecule has 3 aromatic heterocycles. The van der Waals surface area contributed by atoms with Crippen LogP contribution in [0.3, 0.4) is 0 Å². The molecule has 152 valence electrons. The third-order valence-electron chi connectivity index (χ3n) is 4.80. The van der Waals surface area contributed by atoms with Crippen molar-refractivity contribution in [2.75, 3.05) is 17.7 Å². The lowest BCUT2D eigenvalue weighted by Crippen LogP contribution is -2.17. The molecule has 0 unspecified atom stereocenters. The maximum Gasteiger partial charge on any atom is 0.341 e. The number of fused-ring (bicyclic) bond motifs is 2. The lowest BCUT2D eigenvalue weighted by Gasteiger charge is -2.18. The third-order valence-corrected chi connectivity index (χ3v) is 6.97. The maximum absolute atomic E-state index is 12.6. The number of H-pyrrole nitrogens is 1. The van der Waals surface area contributed by atoms with Crippen molar-refractivity contribution in [1.82, 2.24) is 20.2 Å². The third kappa shape index (κ3) is 4.13. The van der Waals surface area contributed by atoms with E-state index >= 15 is 0 Å². The van der Waals surface area contributed by atoms with E-state index < -0.39 is 0 Å². The van der Waals surface area contributed by atoms with Crippen LogP contribution in [0.1, 0.15) is 41.1 Å². The Hall–Kier alpha value is -2.46. The second-order valence-electron chi connectivity index (χ2n) is 6.92. The van der Waals surface area contributed by atoms with Crippen molar-refractivity contribution in [2.24, 2.45) is 5.92 Å². The summed E-state index contributed by atoms with van der Waals surface area (Å²) in [6.07, 6.45) is 5.88. The molecule has 0 radical (unpaired) electrons. The Balaban J connectivity index is 1.51. The molecular formula is C19H21N5O3S2. The van der Waals surface area contributed by atoms with Crippen LogP contribution in [0.25, 0.3) is 11.0 Å². The van der Waals surface area contributed by atoms with Gasteiger partial charge in [0.2, 0.25) is 5.91 Å². The monoisotopic (exact) mass is 431 g/mol. The average molecular weight is 432 g/mol. The molecule has 0 saturated carbocycles. The Morgan fingerprint density at radius 2 is 2.28 bits per heavy atom. The molecule has 1 amide bonds. The van der Waals surface area contributed by atoms with Gasteiger partial charge in [0, 0.05) is 4.88 Å². The SMILES string of the molecule is CCOC(=O)c1c(NC(=O)CSc2ncnc3[nH]ncc23)sc2c1CC[C@H](C)C2. The highest BCUT2D eigenvalue weighted by atomic mass is 32.2. The van der Waals surface area contributed by atoms with Crippen molar-refractivity contribution in [3.8, 4) is 0 Å². The van der Waals surface area contributed by atoms with Gasteiger partial charge in [-0.25, -0.2) is 14.8 Å². The van der Waals surface area contributed by atoms with Crippen molar-refractivity contribution in [3.05, 3.63) is 28.5 Å². The van der Waals surface area contributed by atoms with Gasteiger partial charge in [0.15, 0.2) is 5.65 Å². The number of amides is 1. The van der Waals surface area contributed by atoms with Crippen molar-refractivity contribution in [3.63, 3.8) is 0 Å². The highest BCUT2D eigenvalue weighted by Gasteiger charge is 2.29. The Morgan fingerprint density at radius 3 is 3.10 bits per heavy atom. The fraction of sp³-hybridized carbons (Fsp3) is 0.421. The number of hydrogen-bond donors (Lipinski definition) is 2. The number of ether oxygens (including phenoxy) is 1. The zero-order chi connectivity index (χ0) is 20.4. The zero-order valence-electron chi connectivity index (χ0n) is 16.2. The van der Waals surface area contributed by atoms with E-state index in [1.165, 1.54) is 34.3 Å². The molecular weight excluding hydrogens is 410 g/mol. The molecule has 2 N–H and O–H groups in total. The molecule has 29 heavy (non-hydrogen) atoms. The van der Waals surface area contributed by atoms with E-state index in [-0.39, 0.29) is 17.6 Å². The van der Waals surface area contributed by atoms with Gasteiger partial charge in [-0.05, 0) is 37.7 Å². The minimum absolute atomic E-state index is 0.165. The van der Waals surface area contributed by atoms with E-state index in [9.17, 15) is 9.59 Å². The van der Waals surface area contributed by atoms with Gasteiger partial charge in [-0.2, -0.15) is 5.10 Å². The molecule has 3 aromatic rings. The molecule has 0 fully saturated rings. The van der Waals surface area contributed by atoms with Gasteiger partial charge in [0.25, 0.3) is 0 Å². The van der Waals surface area contributed by atoms with E-state index in [1.54, 1.807) is 13.1 Å². The van der Waals surface area contributed by atoms with Crippen LogP contribution < -0.4 is 5.32 Å². The highest BCUT2D eigenvalue weighted by molar-refractivity contribution is 8.00. The molecule has 0 spiro atoms. The summed E-state index contributed by atoms with van der Waals surface area (Å²) >= 11 is 2.80. The number of aromatic nitrogens is 4. The van der Waals surface area contributed by atoms with E-state index in [0.717, 1.165) is 30.2 Å². The highest BCUT2D eigenvalue weighted by Crippen LogP contribution is 2.40. The van der Waals surface area contributed by atoms with Gasteiger partial charge in [0.05, 0.1) is 29.5 Å². The van der Waals surface area contributed by atoms with E-state index in [2.05, 4.69) is 32.4 Å². The Kier molecular flexibility index (Phi) is 5.81. The molecule has 0 saturated heterocycles. The van der Waals surface area contributed by atoms with E-state index in [1.807, 2.05) is 0 Å². The lowest BCUT2D eigenvalue weighted by molar-refractivity contribution is -0.113. The van der Waals surface area contributed by atoms with Crippen LogP contribution >= 0.6 is 23.1 Å². The molecule has 8 nitrogen and oxygen atoms in total. The zero-order valence-corrected chi connectivity index (χ0v) is 17.8. The number of hydrogen-bond acceptors (Lipinski definition) is 8. The first-order chi connectivity index (χ1) is 14.1. The van der Waals surface area contributed by atoms with Crippen LogP contribution in [0.15, 0.2) is 17.6 Å². The molecule has 3 heterocycles. The average Bonchev–Trinajstić information content (AvgIpc) is 3.30. The van der Waals surface area contributed by atoms with Gasteiger partial charge in [-0.3, -0.25) is 9.89 Å². The number of esters is 1. The predicted molar refractivity (Wildman–Crippen MR) is 113 cm³/mol. The number of thioether (sulfide) groups is 1. The normalized spacial score (nSPS) is 15.9. The fourth-order valence-electron chi connectivity index (χ4n) is 3.41. The van der Waals surface area contributed by atoms with Crippen molar-refractivity contribution in [1.29, 1.82) is 0 Å². The molecule has 0 bridgehead atoms. The van der Waals surface area contributed by atoms with Gasteiger partial charge >= 0.3 is 5.97 Å². The number of carbonyl (C=O) groups excluding carboxylic acids is 2. The number of aromatic amines is 1. The Morgan fingerprint density at radius 1 is 1.41 bits per heavy atom. The minimum Gasteiger partial charge on any atom is -0.462 e. The van der Waals surface area contributed by atoms with E-state index in [0.29, 0.717) is 33.8 Å². The van der Waals surface area contributed by atoms with Crippen LogP contribution in [-0.2, 0) is 22.4 Å². The summed E-state index contributed by atoms with van der Waals surface area (Å²) in [4.78, 5) is 34.7. The first kappa shape index (κ1) is 19.8. The number of rotatable bonds is 6. The van der Waals surface area contributed by atoms with Crippen LogP contribution in [0, 0.1) is 5.92 Å². The van der Waals surface area contributed by atoms with Gasteiger partial charge < -0.3 is 10.1 Å². The number of carbonyl (C=O) groups is 2. The molecule has 1 aliphatic carbocycles. The fourth-order valence-corrected chi connectivity index (χ4v) is 5.59. The number of anilines is 1. The number of nitrogens with zero attached hydrogens (tertiary/aromatic N) is 3. The van der Waals surface area contributed by atoms with Crippen LogP contribution in [0.4, 0.5) is 5.00 Å². The molecule has 0 aromatic carbocycles. The van der Waals surface area contributed by atoms with E-state index in [4.69, 9.17) is 4.74 Å². The Bertz CT molecular complexity index is 1060. The molecule has 1 aliphatic rings. The second-order valence-corrected chi connectivity index (χ2v) is 8.99. The first-order valence-electron chi connectivity index (χ1n) is 9.45. The molecule has 1 atom stereocenters. The van der Waals surface area contributed by atoms with Crippen molar-refractivity contribution in [2.45, 2.75) is 38.1 Å². The topological polar surface area (TPSA) is 110 Å². The number of thiophene rings is 1. The lowest BCUT2D eigenvalue weighted by atomic mass is 9.88. The molecule has 0 aliphatic heterocycles. The van der Waals surface area contributed by atoms with Gasteiger partial charge in [0.1, 0.15) is 16.4 Å². The second kappa shape index (κ2) is 8.50. The predicted octanol–water partition coefficient (Wildman–Crippen LogP) is 3.45. The summed E-state index contributed by atoms with van der Waals surface area (Å²) in [7, 11) is 0. The summed E-state index contributed by atoms with van der Waals surface area (Å²) in [6, 6.07) is 0. The summed E-state index contributed by atoms with van der Waals surface area (Å²) < 4.78 is 5.25. The Labute approximate surface area is 175 Å². The maximum atomic E-state index is 12.6. The summed E-state index contributed by atoms with van der Waals surface area (Å²) in [6.45, 7) is 4.30. The van der Waals surface area contributed by atoms with Crippen LogP contribution in [0.2, 0.25) is 0 Å². The first-order valence-corrected chi connectivity index (χ1v) is 11.2. The molecule has 10 heteroatoms. The summed E-state index contributed by atoms with van der Waals surface area (Å²) in [5.41, 5.74) is 2.19. The van der Waals surface area contributed by atoms with Crippen LogP contribution in [0.5, 0.6) is 0 Å². The van der Waals surface area contributed by atoms with Crippen LogP contribution in [-0.4, -0.2) is 44.4 Å². The van der Waals surface area contributed by atoms with Crippen molar-refractivity contribution < 1.29 is 14.3 Å². The van der Waals surface area contributed by atoms with Gasteiger partial charge in [-0.1, -0.05) is 18.7 Å². The molecule has 4 rings (SSSR count). The summed E-state index contributed by atoms with van der Waals surface area (Å²) in [5, 5.41) is 11.7. The van der Waals surface area contributed by atoms with Crippen molar-refractivity contribution >= 4 is 51.0 Å². The smallest absolute Gasteiger partial charge is 0.341 e. The quantitative estimate of drug-likeness (QED) is 0.349. The largest absolute Gasteiger partial charge is 0.462 e.